The van der Waals surface area contributed by atoms with Gasteiger partial charge in [-0.2, -0.15) is 0 Å². The first kappa shape index (κ1) is 35.2. The van der Waals surface area contributed by atoms with Crippen LogP contribution in [0.15, 0.2) is 0 Å². The molecule has 4 unspecified atom stereocenters. The lowest BCUT2D eigenvalue weighted by molar-refractivity contribution is -0.0299. The first-order valence-electron chi connectivity index (χ1n) is 11.2. The Morgan fingerprint density at radius 3 is 2.03 bits per heavy atom. The van der Waals surface area contributed by atoms with E-state index in [-0.39, 0.29) is 25.1 Å². The fourth-order valence-electron chi connectivity index (χ4n) is 2.45. The third-order valence-electron chi connectivity index (χ3n) is 4.55. The van der Waals surface area contributed by atoms with Gasteiger partial charge in [-0.1, -0.05) is 35.4 Å². The third-order valence-corrected chi connectivity index (χ3v) is 12.6. The second-order valence-electron chi connectivity index (χ2n) is 9.95. The fraction of sp³-hybridized carbons (Fsp3) is 1.00. The lowest BCUT2D eigenvalue weighted by Gasteiger charge is -2.33. The van der Waals surface area contributed by atoms with E-state index in [1.807, 2.05) is 6.92 Å². The molecule has 0 fully saturated rings. The summed E-state index contributed by atoms with van der Waals surface area (Å²) in [4.78, 5) is 20.4. The summed E-state index contributed by atoms with van der Waals surface area (Å²) in [6, 6.07) is 0. The number of aliphatic hydroxyl groups excluding tert-OH is 1. The first-order valence-corrected chi connectivity index (χ1v) is 18.0. The molecule has 3 N–H and O–H groups in total. The van der Waals surface area contributed by atoms with Crippen LogP contribution in [-0.2, 0) is 27.4 Å². The van der Waals surface area contributed by atoms with E-state index in [4.69, 9.17) is 18.3 Å². The maximum atomic E-state index is 12.7. The molecule has 0 aromatic heterocycles. The van der Waals surface area contributed by atoms with Crippen LogP contribution in [0.3, 0.4) is 0 Å². The van der Waals surface area contributed by atoms with Crippen molar-refractivity contribution in [1.82, 2.24) is 0 Å². The van der Waals surface area contributed by atoms with Gasteiger partial charge in [0.15, 0.2) is 5.34 Å². The highest BCUT2D eigenvalue weighted by atomic mass is 33.5. The van der Waals surface area contributed by atoms with Gasteiger partial charge in [-0.15, -0.1) is 0 Å². The van der Waals surface area contributed by atoms with Crippen molar-refractivity contribution >= 4 is 46.8 Å². The molecular weight excluding hydrogens is 542 g/mol. The highest BCUT2D eigenvalue weighted by molar-refractivity contribution is 9.09. The monoisotopic (exact) mass is 586 g/mol. The normalized spacial score (nSPS) is 18.8. The molecule has 4 atom stereocenters. The van der Waals surface area contributed by atoms with Crippen molar-refractivity contribution in [2.75, 3.05) is 12.5 Å². The Morgan fingerprint density at radius 2 is 1.53 bits per heavy atom. The van der Waals surface area contributed by atoms with Gasteiger partial charge >= 0.3 is 15.4 Å². The molecule has 0 heterocycles. The highest BCUT2D eigenvalue weighted by Crippen LogP contribution is 2.57. The van der Waals surface area contributed by atoms with Crippen LogP contribution in [0, 0.1) is 0 Å². The average Bonchev–Trinajstić information content (AvgIpc) is 2.62. The van der Waals surface area contributed by atoms with Crippen molar-refractivity contribution < 1.29 is 42.3 Å². The quantitative estimate of drug-likeness (QED) is 0.0663. The van der Waals surface area contributed by atoms with Crippen LogP contribution < -0.4 is 0 Å². The van der Waals surface area contributed by atoms with Gasteiger partial charge in [0.2, 0.25) is 0 Å². The minimum absolute atomic E-state index is 0.000885. The van der Waals surface area contributed by atoms with E-state index in [1.54, 1.807) is 45.4 Å². The summed E-state index contributed by atoms with van der Waals surface area (Å²) in [6.45, 7) is 15.1. The number of phosphoric ester groups is 1. The number of hydrogen-bond donors (Lipinski definition) is 3. The summed E-state index contributed by atoms with van der Waals surface area (Å²) in [6.07, 6.45) is 2.20. The first-order chi connectivity index (χ1) is 15.3. The minimum atomic E-state index is -4.30. The van der Waals surface area contributed by atoms with Crippen molar-refractivity contribution in [1.29, 1.82) is 0 Å². The van der Waals surface area contributed by atoms with Gasteiger partial charge in [-0.3, -0.25) is 18.1 Å². The predicted octanol–water partition coefficient (Wildman–Crippen LogP) is 6.97. The minimum Gasteiger partial charge on any atom is -0.393 e. The third kappa shape index (κ3) is 15.5. The summed E-state index contributed by atoms with van der Waals surface area (Å²) in [7, 11) is -4.02. The molecule has 0 saturated carbocycles. The Kier molecular flexibility index (Phi) is 15.5. The number of ether oxygens (including phenoxy) is 1. The molecule has 0 aliphatic heterocycles. The molecule has 0 bridgehead atoms. The zero-order valence-electron chi connectivity index (χ0n) is 21.8. The molecule has 0 rings (SSSR count). The molecule has 0 saturated heterocycles. The summed E-state index contributed by atoms with van der Waals surface area (Å²) in [5, 5.41) is 8.61. The van der Waals surface area contributed by atoms with E-state index in [9.17, 15) is 24.0 Å². The Bertz CT molecular complexity index is 687. The van der Waals surface area contributed by atoms with Gasteiger partial charge in [0.1, 0.15) is 5.94 Å². The largest absolute Gasteiger partial charge is 0.473 e. The van der Waals surface area contributed by atoms with E-state index in [1.165, 1.54) is 34.5 Å². The predicted molar refractivity (Wildman–Crippen MR) is 144 cm³/mol. The summed E-state index contributed by atoms with van der Waals surface area (Å²) in [5.74, 6) is -0.00254. The SMILES string of the molecule is CCC(O)CC(CC)SSSCOP(=O)(O)C(C)(C)OCCC(C)(C)OP(=O)(O)OC(C)(C)C. The molecule has 9 nitrogen and oxygen atoms in total. The zero-order valence-corrected chi connectivity index (χ0v) is 26.0. The van der Waals surface area contributed by atoms with Crippen molar-refractivity contribution in [3.05, 3.63) is 0 Å². The summed E-state index contributed by atoms with van der Waals surface area (Å²) >= 11 is 0. The molecule has 0 spiro atoms. The van der Waals surface area contributed by atoms with Crippen molar-refractivity contribution in [2.24, 2.45) is 0 Å². The van der Waals surface area contributed by atoms with Crippen LogP contribution in [0.5, 0.6) is 0 Å². The molecule has 0 radical (unpaired) electrons. The fourth-order valence-corrected chi connectivity index (χ4v) is 9.35. The van der Waals surface area contributed by atoms with Gasteiger partial charge in [-0.25, -0.2) is 4.57 Å². The van der Waals surface area contributed by atoms with Crippen LogP contribution in [-0.4, -0.2) is 55.3 Å². The molecule has 0 aromatic carbocycles. The van der Waals surface area contributed by atoms with Crippen LogP contribution in [0.1, 0.15) is 88.0 Å². The van der Waals surface area contributed by atoms with Crippen LogP contribution in [0.25, 0.3) is 0 Å². The van der Waals surface area contributed by atoms with Gasteiger partial charge in [0.25, 0.3) is 0 Å². The Balaban J connectivity index is 4.56. The van der Waals surface area contributed by atoms with Gasteiger partial charge < -0.3 is 19.6 Å². The van der Waals surface area contributed by atoms with Gasteiger partial charge in [0.05, 0.1) is 23.9 Å². The van der Waals surface area contributed by atoms with Crippen LogP contribution in [0.4, 0.5) is 0 Å². The van der Waals surface area contributed by atoms with Crippen molar-refractivity contribution in [3.63, 3.8) is 0 Å². The lowest BCUT2D eigenvalue weighted by Crippen LogP contribution is -2.31. The molecule has 0 aliphatic rings. The lowest BCUT2D eigenvalue weighted by atomic mass is 10.1. The number of aliphatic hydroxyl groups is 1. The Morgan fingerprint density at radius 1 is 0.941 bits per heavy atom. The van der Waals surface area contributed by atoms with Crippen LogP contribution in [0.2, 0.25) is 0 Å². The standard InChI is InChI=1S/C20H44O9P2S3/c1-10-16(21)14-17(11-2)33-34-32-15-27-30(22,23)20(8,9)26-13-12-19(6,7)29-31(24,25)28-18(3,4)5/h16-17,21H,10-15H2,1-9H3,(H,22,23)(H,24,25). The highest BCUT2D eigenvalue weighted by Gasteiger charge is 2.43. The molecule has 0 aliphatic carbocycles. The second kappa shape index (κ2) is 15.0. The number of phosphoric acid groups is 1. The number of rotatable bonds is 18. The molecular formula is C20H44O9P2S3. The van der Waals surface area contributed by atoms with Crippen LogP contribution >= 0.6 is 46.8 Å². The maximum absolute atomic E-state index is 12.7. The summed E-state index contributed by atoms with van der Waals surface area (Å²) < 4.78 is 46.2. The average molecular weight is 587 g/mol. The van der Waals surface area contributed by atoms with E-state index in [0.29, 0.717) is 18.1 Å². The molecule has 0 aromatic rings. The summed E-state index contributed by atoms with van der Waals surface area (Å²) in [5.41, 5.74) is -1.93. The van der Waals surface area contributed by atoms with Crippen molar-refractivity contribution in [3.8, 4) is 0 Å². The Hall–Kier alpha value is 1.23. The Labute approximate surface area is 217 Å². The van der Waals surface area contributed by atoms with E-state index in [0.717, 1.165) is 6.42 Å². The van der Waals surface area contributed by atoms with Gasteiger partial charge in [-0.05, 0) is 84.0 Å². The zero-order chi connectivity index (χ0) is 26.8. The second-order valence-corrected chi connectivity index (χ2v) is 18.0. The molecule has 34 heavy (non-hydrogen) atoms. The molecule has 14 heteroatoms. The number of hydrogen-bond acceptors (Lipinski definition) is 10. The van der Waals surface area contributed by atoms with E-state index >= 15 is 0 Å². The van der Waals surface area contributed by atoms with E-state index in [2.05, 4.69) is 6.92 Å². The maximum Gasteiger partial charge on any atom is 0.473 e. The topological polar surface area (TPSA) is 132 Å². The van der Waals surface area contributed by atoms with E-state index < -0.39 is 32.0 Å². The molecule has 0 amide bonds. The molecule has 206 valence electrons. The van der Waals surface area contributed by atoms with Crippen molar-refractivity contribution in [2.45, 2.75) is 116 Å². The smallest absolute Gasteiger partial charge is 0.393 e. The van der Waals surface area contributed by atoms with Gasteiger partial charge in [0, 0.05) is 5.25 Å².